The van der Waals surface area contributed by atoms with Crippen molar-refractivity contribution in [1.29, 1.82) is 0 Å². The third-order valence-electron chi connectivity index (χ3n) is 2.72. The van der Waals surface area contributed by atoms with E-state index in [0.717, 1.165) is 18.3 Å². The Kier molecular flexibility index (Phi) is 2.17. The molecule has 4 nitrogen and oxygen atoms in total. The van der Waals surface area contributed by atoms with Crippen LogP contribution in [0.2, 0.25) is 0 Å². The van der Waals surface area contributed by atoms with Gasteiger partial charge in [-0.1, -0.05) is 11.6 Å². The Balaban J connectivity index is 1.74. The van der Waals surface area contributed by atoms with E-state index in [9.17, 15) is 8.42 Å². The van der Waals surface area contributed by atoms with Gasteiger partial charge in [0.2, 0.25) is 0 Å². The van der Waals surface area contributed by atoms with Crippen molar-refractivity contribution in [2.45, 2.75) is 19.3 Å². The highest BCUT2D eigenvalue weighted by molar-refractivity contribution is 7.84. The minimum atomic E-state index is -3.75. The third kappa shape index (κ3) is 2.30. The summed E-state index contributed by atoms with van der Waals surface area (Å²) in [6, 6.07) is 0. The molecule has 1 saturated carbocycles. The maximum atomic E-state index is 10.4. The highest BCUT2D eigenvalue weighted by atomic mass is 32.2. The molecule has 0 amide bonds. The minimum absolute atomic E-state index is 0.188. The van der Waals surface area contributed by atoms with Gasteiger partial charge in [0.25, 0.3) is 0 Å². The van der Waals surface area contributed by atoms with Crippen LogP contribution in [0.5, 0.6) is 0 Å². The van der Waals surface area contributed by atoms with Crippen molar-refractivity contribution in [2.24, 2.45) is 17.0 Å². The lowest BCUT2D eigenvalue weighted by Crippen LogP contribution is -2.16. The Hall–Kier alpha value is -0.390. The van der Waals surface area contributed by atoms with Crippen molar-refractivity contribution in [3.05, 3.63) is 11.6 Å². The molecule has 0 heterocycles. The molecule has 0 aromatic heterocycles. The Morgan fingerprint density at radius 3 is 2.85 bits per heavy atom. The number of fused-ring (bicyclic) bond motifs is 1. The van der Waals surface area contributed by atoms with Crippen LogP contribution in [0, 0.1) is 11.8 Å². The van der Waals surface area contributed by atoms with Gasteiger partial charge in [-0.15, -0.1) is 0 Å². The molecule has 1 unspecified atom stereocenters. The molecule has 0 aromatic carbocycles. The summed E-state index contributed by atoms with van der Waals surface area (Å²) in [7, 11) is -3.75. The second kappa shape index (κ2) is 3.08. The average Bonchev–Trinajstić information content (AvgIpc) is 2.67. The van der Waals surface area contributed by atoms with Crippen molar-refractivity contribution in [1.82, 2.24) is 0 Å². The molecule has 2 rings (SSSR count). The standard InChI is InChI=1S/C8H13NO3S/c9-13(10,11)12-4-3-6-1-2-7-5-8(6)7/h1,7-8H,2-5H2,(H2,9,10,11)/t7?,8-/m0/s1. The molecule has 0 radical (unpaired) electrons. The normalized spacial score (nSPS) is 31.3. The fourth-order valence-electron chi connectivity index (χ4n) is 1.98. The first-order valence-corrected chi connectivity index (χ1v) is 5.89. The summed E-state index contributed by atoms with van der Waals surface area (Å²) in [5.74, 6) is 1.58. The van der Waals surface area contributed by atoms with Crippen molar-refractivity contribution in [2.75, 3.05) is 6.61 Å². The Morgan fingerprint density at radius 1 is 1.62 bits per heavy atom. The van der Waals surface area contributed by atoms with Gasteiger partial charge in [-0.3, -0.25) is 4.18 Å². The first kappa shape index (κ1) is 9.18. The number of allylic oxidation sites excluding steroid dienone is 1. The quantitative estimate of drug-likeness (QED) is 0.679. The molecule has 74 valence electrons. The minimum Gasteiger partial charge on any atom is -0.258 e. The SMILES string of the molecule is NS(=O)(=O)OCCC1=CCC2C[C@@H]12. The smallest absolute Gasteiger partial charge is 0.258 e. The molecule has 2 atom stereocenters. The van der Waals surface area contributed by atoms with Gasteiger partial charge in [0.05, 0.1) is 6.61 Å². The van der Waals surface area contributed by atoms with Crippen LogP contribution in [0.25, 0.3) is 0 Å². The van der Waals surface area contributed by atoms with Gasteiger partial charge >= 0.3 is 10.3 Å². The van der Waals surface area contributed by atoms with Gasteiger partial charge in [0.1, 0.15) is 0 Å². The molecule has 2 aliphatic rings. The van der Waals surface area contributed by atoms with Gasteiger partial charge in [0.15, 0.2) is 0 Å². The summed E-state index contributed by atoms with van der Waals surface area (Å²) in [6.07, 6.45) is 5.35. The second-order valence-corrected chi connectivity index (χ2v) is 4.90. The van der Waals surface area contributed by atoms with Crippen molar-refractivity contribution < 1.29 is 12.6 Å². The van der Waals surface area contributed by atoms with E-state index in [1.54, 1.807) is 0 Å². The fraction of sp³-hybridized carbons (Fsp3) is 0.750. The highest BCUT2D eigenvalue weighted by Gasteiger charge is 2.42. The summed E-state index contributed by atoms with van der Waals surface area (Å²) in [5, 5.41) is 4.70. The summed E-state index contributed by atoms with van der Waals surface area (Å²) < 4.78 is 25.3. The second-order valence-electron chi connectivity index (χ2n) is 3.68. The first-order chi connectivity index (χ1) is 6.06. The molecule has 13 heavy (non-hydrogen) atoms. The molecule has 0 aromatic rings. The number of hydrogen-bond acceptors (Lipinski definition) is 3. The molecular weight excluding hydrogens is 190 g/mol. The maximum Gasteiger partial charge on any atom is 0.333 e. The molecule has 1 fully saturated rings. The van der Waals surface area contributed by atoms with E-state index in [4.69, 9.17) is 5.14 Å². The zero-order valence-corrected chi connectivity index (χ0v) is 8.09. The van der Waals surface area contributed by atoms with Gasteiger partial charge < -0.3 is 0 Å². The monoisotopic (exact) mass is 203 g/mol. The van der Waals surface area contributed by atoms with Crippen LogP contribution < -0.4 is 5.14 Å². The molecular formula is C8H13NO3S. The molecule has 2 N–H and O–H groups in total. The maximum absolute atomic E-state index is 10.4. The van der Waals surface area contributed by atoms with Crippen molar-refractivity contribution in [3.63, 3.8) is 0 Å². The van der Waals surface area contributed by atoms with Crippen LogP contribution in [0.4, 0.5) is 0 Å². The zero-order chi connectivity index (χ0) is 9.47. The van der Waals surface area contributed by atoms with E-state index >= 15 is 0 Å². The van der Waals surface area contributed by atoms with E-state index in [1.165, 1.54) is 12.0 Å². The highest BCUT2D eigenvalue weighted by Crippen LogP contribution is 2.52. The van der Waals surface area contributed by atoms with E-state index < -0.39 is 10.3 Å². The lowest BCUT2D eigenvalue weighted by molar-refractivity contribution is 0.320. The van der Waals surface area contributed by atoms with Gasteiger partial charge in [-0.05, 0) is 31.1 Å². The summed E-state index contributed by atoms with van der Waals surface area (Å²) in [6.45, 7) is 0.188. The summed E-state index contributed by atoms with van der Waals surface area (Å²) in [5.41, 5.74) is 1.36. The summed E-state index contributed by atoms with van der Waals surface area (Å²) >= 11 is 0. The number of rotatable bonds is 4. The average molecular weight is 203 g/mol. The molecule has 0 spiro atoms. The third-order valence-corrected chi connectivity index (χ3v) is 3.22. The zero-order valence-electron chi connectivity index (χ0n) is 7.27. The lowest BCUT2D eigenvalue weighted by Gasteiger charge is -2.02. The van der Waals surface area contributed by atoms with Crippen LogP contribution in [0.3, 0.4) is 0 Å². The van der Waals surface area contributed by atoms with E-state index in [1.807, 2.05) is 0 Å². The van der Waals surface area contributed by atoms with Crippen molar-refractivity contribution >= 4 is 10.3 Å². The van der Waals surface area contributed by atoms with Crippen LogP contribution in [0.15, 0.2) is 11.6 Å². The molecule has 5 heteroatoms. The van der Waals surface area contributed by atoms with E-state index in [0.29, 0.717) is 6.42 Å². The fourth-order valence-corrected chi connectivity index (χ4v) is 2.30. The molecule has 0 bridgehead atoms. The van der Waals surface area contributed by atoms with E-state index in [-0.39, 0.29) is 6.61 Å². The summed E-state index contributed by atoms with van der Waals surface area (Å²) in [4.78, 5) is 0. The topological polar surface area (TPSA) is 69.4 Å². The Labute approximate surface area is 78.0 Å². The van der Waals surface area contributed by atoms with Gasteiger partial charge in [0, 0.05) is 0 Å². The molecule has 0 aliphatic heterocycles. The van der Waals surface area contributed by atoms with Crippen LogP contribution in [-0.2, 0) is 14.5 Å². The molecule has 2 aliphatic carbocycles. The molecule has 0 saturated heterocycles. The van der Waals surface area contributed by atoms with Crippen LogP contribution in [-0.4, -0.2) is 15.0 Å². The lowest BCUT2D eigenvalue weighted by atomic mass is 10.1. The Morgan fingerprint density at radius 2 is 2.38 bits per heavy atom. The van der Waals surface area contributed by atoms with Gasteiger partial charge in [-0.2, -0.15) is 8.42 Å². The predicted molar refractivity (Wildman–Crippen MR) is 48.0 cm³/mol. The Bertz CT molecular complexity index is 333. The number of nitrogens with two attached hydrogens (primary N) is 1. The predicted octanol–water partition coefficient (Wildman–Crippen LogP) is 0.563. The largest absolute Gasteiger partial charge is 0.333 e. The van der Waals surface area contributed by atoms with Crippen LogP contribution >= 0.6 is 0 Å². The van der Waals surface area contributed by atoms with Gasteiger partial charge in [-0.25, -0.2) is 5.14 Å². The van der Waals surface area contributed by atoms with Crippen LogP contribution in [0.1, 0.15) is 19.3 Å². The number of hydrogen-bond donors (Lipinski definition) is 1. The first-order valence-electron chi connectivity index (χ1n) is 4.42. The van der Waals surface area contributed by atoms with E-state index in [2.05, 4.69) is 10.3 Å². The van der Waals surface area contributed by atoms with Crippen molar-refractivity contribution in [3.8, 4) is 0 Å².